The van der Waals surface area contributed by atoms with Crippen molar-refractivity contribution in [2.45, 2.75) is 32.0 Å². The lowest BCUT2D eigenvalue weighted by Crippen LogP contribution is -2.02. The summed E-state index contributed by atoms with van der Waals surface area (Å²) in [6, 6.07) is 7.74. The molecule has 2 aromatic rings. The lowest BCUT2D eigenvalue weighted by atomic mass is 10.2. The number of aromatic nitrogens is 2. The zero-order valence-corrected chi connectivity index (χ0v) is 9.60. The van der Waals surface area contributed by atoms with Crippen molar-refractivity contribution in [3.63, 3.8) is 0 Å². The third-order valence-electron chi connectivity index (χ3n) is 3.19. The number of rotatable bonds is 1. The molecule has 2 heterocycles. The number of hydrogen-bond donors (Lipinski definition) is 1. The highest BCUT2D eigenvalue weighted by Gasteiger charge is 2.26. The Bertz CT molecular complexity index is 596. The van der Waals surface area contributed by atoms with Gasteiger partial charge in [-0.05, 0) is 31.9 Å². The van der Waals surface area contributed by atoms with Gasteiger partial charge in [0, 0.05) is 0 Å². The molecule has 4 heteroatoms. The van der Waals surface area contributed by atoms with Gasteiger partial charge in [0.2, 0.25) is 0 Å². The van der Waals surface area contributed by atoms with E-state index in [0.29, 0.717) is 11.7 Å². The number of hydrogen-bond acceptors (Lipinski definition) is 3. The van der Waals surface area contributed by atoms with Gasteiger partial charge in [-0.3, -0.25) is 0 Å². The maximum absolute atomic E-state index is 9.02. The summed E-state index contributed by atoms with van der Waals surface area (Å²) in [4.78, 5) is 7.74. The summed E-state index contributed by atoms with van der Waals surface area (Å²) in [6.07, 6.45) is 2.39. The fourth-order valence-corrected chi connectivity index (χ4v) is 2.30. The lowest BCUT2D eigenvalue weighted by Gasteiger charge is -2.06. The van der Waals surface area contributed by atoms with E-state index in [-0.39, 0.29) is 6.10 Å². The van der Waals surface area contributed by atoms with Crippen LogP contribution < -0.4 is 0 Å². The number of nitrogens with one attached hydrogen (secondary N) is 1. The van der Waals surface area contributed by atoms with Crippen molar-refractivity contribution in [3.8, 4) is 6.07 Å². The fraction of sp³-hybridized carbons (Fsp3) is 0.385. The number of imidazole rings is 1. The van der Waals surface area contributed by atoms with Gasteiger partial charge >= 0.3 is 0 Å². The molecule has 1 saturated heterocycles. The predicted octanol–water partition coefficient (Wildman–Crippen LogP) is 2.67. The van der Waals surface area contributed by atoms with Crippen LogP contribution in [0.5, 0.6) is 0 Å². The predicted molar refractivity (Wildman–Crippen MR) is 63.3 cm³/mol. The Morgan fingerprint density at radius 3 is 3.06 bits per heavy atom. The van der Waals surface area contributed by atoms with E-state index in [9.17, 15) is 0 Å². The molecule has 2 unspecified atom stereocenters. The molecule has 1 aliphatic rings. The lowest BCUT2D eigenvalue weighted by molar-refractivity contribution is 0.0510. The van der Waals surface area contributed by atoms with Crippen molar-refractivity contribution in [2.75, 3.05) is 0 Å². The van der Waals surface area contributed by atoms with Crippen molar-refractivity contribution >= 4 is 11.0 Å². The number of para-hydroxylation sites is 1. The zero-order chi connectivity index (χ0) is 11.8. The Morgan fingerprint density at radius 2 is 2.35 bits per heavy atom. The van der Waals surface area contributed by atoms with Crippen LogP contribution in [0, 0.1) is 11.3 Å². The van der Waals surface area contributed by atoms with Crippen LogP contribution in [0.3, 0.4) is 0 Å². The highest BCUT2D eigenvalue weighted by molar-refractivity contribution is 5.81. The molecular formula is C13H13N3O. The summed E-state index contributed by atoms with van der Waals surface area (Å²) in [5, 5.41) is 9.02. The maximum Gasteiger partial charge on any atom is 0.136 e. The standard InChI is InChI=1S/C13H13N3O/c1-8-5-6-11(17-8)13-15-10-4-2-3-9(7-14)12(10)16-13/h2-4,8,11H,5-6H2,1H3,(H,15,16). The first-order valence-electron chi connectivity index (χ1n) is 5.82. The van der Waals surface area contributed by atoms with E-state index in [1.807, 2.05) is 12.1 Å². The van der Waals surface area contributed by atoms with Gasteiger partial charge in [-0.15, -0.1) is 0 Å². The Morgan fingerprint density at radius 1 is 1.47 bits per heavy atom. The first-order valence-corrected chi connectivity index (χ1v) is 5.82. The Hall–Kier alpha value is -1.86. The number of aromatic amines is 1. The van der Waals surface area contributed by atoms with Crippen LogP contribution in [0.2, 0.25) is 0 Å². The van der Waals surface area contributed by atoms with Gasteiger partial charge < -0.3 is 9.72 Å². The van der Waals surface area contributed by atoms with E-state index in [0.717, 1.165) is 29.7 Å². The average Bonchev–Trinajstić information content (AvgIpc) is 2.93. The maximum atomic E-state index is 9.02. The molecular weight excluding hydrogens is 214 g/mol. The number of nitrogens with zero attached hydrogens (tertiary/aromatic N) is 2. The van der Waals surface area contributed by atoms with Crippen LogP contribution in [0.4, 0.5) is 0 Å². The highest BCUT2D eigenvalue weighted by atomic mass is 16.5. The molecule has 1 aliphatic heterocycles. The topological polar surface area (TPSA) is 61.7 Å². The number of H-pyrrole nitrogens is 1. The number of ether oxygens (including phenoxy) is 1. The molecule has 0 spiro atoms. The van der Waals surface area contributed by atoms with Crippen molar-refractivity contribution in [2.24, 2.45) is 0 Å². The van der Waals surface area contributed by atoms with Crippen LogP contribution in [0.25, 0.3) is 11.0 Å². The van der Waals surface area contributed by atoms with Crippen LogP contribution in [0.15, 0.2) is 18.2 Å². The number of benzene rings is 1. The van der Waals surface area contributed by atoms with Gasteiger partial charge in [0.05, 0.1) is 17.2 Å². The molecule has 0 bridgehead atoms. The van der Waals surface area contributed by atoms with Crippen molar-refractivity contribution in [3.05, 3.63) is 29.6 Å². The second-order valence-electron chi connectivity index (χ2n) is 4.45. The summed E-state index contributed by atoms with van der Waals surface area (Å²) in [7, 11) is 0. The molecule has 1 aromatic heterocycles. The normalized spacial score (nSPS) is 24.0. The Kier molecular flexibility index (Phi) is 2.34. The molecule has 0 amide bonds. The minimum absolute atomic E-state index is 0.0453. The van der Waals surface area contributed by atoms with Crippen LogP contribution in [0.1, 0.15) is 37.3 Å². The smallest absolute Gasteiger partial charge is 0.136 e. The molecule has 0 aliphatic carbocycles. The van der Waals surface area contributed by atoms with E-state index in [1.165, 1.54) is 0 Å². The van der Waals surface area contributed by atoms with Gasteiger partial charge in [0.1, 0.15) is 23.5 Å². The quantitative estimate of drug-likeness (QED) is 0.814. The molecule has 1 aromatic carbocycles. The zero-order valence-electron chi connectivity index (χ0n) is 9.60. The molecule has 86 valence electrons. The van der Waals surface area contributed by atoms with Crippen LogP contribution >= 0.6 is 0 Å². The van der Waals surface area contributed by atoms with E-state index in [2.05, 4.69) is 23.0 Å². The summed E-state index contributed by atoms with van der Waals surface area (Å²) in [5.41, 5.74) is 2.26. The van der Waals surface area contributed by atoms with E-state index in [4.69, 9.17) is 10.00 Å². The molecule has 0 saturated carbocycles. The molecule has 1 N–H and O–H groups in total. The van der Waals surface area contributed by atoms with E-state index >= 15 is 0 Å². The van der Waals surface area contributed by atoms with Gasteiger partial charge in [0.25, 0.3) is 0 Å². The van der Waals surface area contributed by atoms with E-state index < -0.39 is 0 Å². The van der Waals surface area contributed by atoms with Gasteiger partial charge in [-0.1, -0.05) is 6.07 Å². The van der Waals surface area contributed by atoms with E-state index in [1.54, 1.807) is 6.07 Å². The van der Waals surface area contributed by atoms with Crippen molar-refractivity contribution in [1.82, 2.24) is 9.97 Å². The summed E-state index contributed by atoms with van der Waals surface area (Å²) >= 11 is 0. The largest absolute Gasteiger partial charge is 0.367 e. The number of nitriles is 1. The fourth-order valence-electron chi connectivity index (χ4n) is 2.30. The molecule has 17 heavy (non-hydrogen) atoms. The average molecular weight is 227 g/mol. The van der Waals surface area contributed by atoms with Gasteiger partial charge in [-0.2, -0.15) is 5.26 Å². The van der Waals surface area contributed by atoms with Crippen molar-refractivity contribution in [1.29, 1.82) is 5.26 Å². The molecule has 0 radical (unpaired) electrons. The molecule has 4 nitrogen and oxygen atoms in total. The second-order valence-corrected chi connectivity index (χ2v) is 4.45. The minimum Gasteiger partial charge on any atom is -0.367 e. The Balaban J connectivity index is 2.05. The third kappa shape index (κ3) is 1.69. The van der Waals surface area contributed by atoms with Crippen LogP contribution in [-0.2, 0) is 4.74 Å². The summed E-state index contributed by atoms with van der Waals surface area (Å²) < 4.78 is 5.77. The summed E-state index contributed by atoms with van der Waals surface area (Å²) in [6.45, 7) is 2.07. The second kappa shape index (κ2) is 3.86. The van der Waals surface area contributed by atoms with Crippen LogP contribution in [-0.4, -0.2) is 16.1 Å². The monoisotopic (exact) mass is 227 g/mol. The molecule has 3 rings (SSSR count). The minimum atomic E-state index is 0.0453. The molecule has 2 atom stereocenters. The summed E-state index contributed by atoms with van der Waals surface area (Å²) in [5.74, 6) is 0.840. The molecule has 1 fully saturated rings. The van der Waals surface area contributed by atoms with Gasteiger partial charge in [-0.25, -0.2) is 4.98 Å². The van der Waals surface area contributed by atoms with Gasteiger partial charge in [0.15, 0.2) is 0 Å². The highest BCUT2D eigenvalue weighted by Crippen LogP contribution is 2.32. The SMILES string of the molecule is CC1CCC(c2nc3c(C#N)cccc3[nH]2)O1. The first kappa shape index (κ1) is 10.3. The third-order valence-corrected chi connectivity index (χ3v) is 3.19. The Labute approximate surface area is 99.2 Å². The number of fused-ring (bicyclic) bond motifs is 1. The van der Waals surface area contributed by atoms with Crippen molar-refractivity contribution < 1.29 is 4.74 Å². The first-order chi connectivity index (χ1) is 8.28.